The van der Waals surface area contributed by atoms with Crippen molar-refractivity contribution in [2.75, 3.05) is 5.32 Å². The number of aliphatic carboxylic acids is 1. The van der Waals surface area contributed by atoms with Crippen LogP contribution < -0.4 is 5.32 Å². The Kier molecular flexibility index (Phi) is 4.13. The minimum Gasteiger partial charge on any atom is -0.480 e. The van der Waals surface area contributed by atoms with Crippen molar-refractivity contribution in [2.24, 2.45) is 0 Å². The van der Waals surface area contributed by atoms with Gasteiger partial charge in [0.15, 0.2) is 0 Å². The van der Waals surface area contributed by atoms with Gasteiger partial charge in [-0.25, -0.2) is 4.68 Å². The number of anilines is 1. The van der Waals surface area contributed by atoms with Crippen molar-refractivity contribution in [1.82, 2.24) is 19.6 Å². The summed E-state index contributed by atoms with van der Waals surface area (Å²) < 4.78 is 3.30. The summed E-state index contributed by atoms with van der Waals surface area (Å²) in [6, 6.07) is 2.02. The summed E-state index contributed by atoms with van der Waals surface area (Å²) in [5, 5.41) is 20.5. The van der Waals surface area contributed by atoms with Gasteiger partial charge in [0.1, 0.15) is 12.4 Å². The Morgan fingerprint density at radius 1 is 1.33 bits per heavy atom. The van der Waals surface area contributed by atoms with Crippen LogP contribution >= 0.6 is 0 Å². The first-order chi connectivity index (χ1) is 11.3. The number of fused-ring (bicyclic) bond motifs is 1. The molecule has 0 bridgehead atoms. The van der Waals surface area contributed by atoms with Gasteiger partial charge in [-0.15, -0.1) is 0 Å². The highest BCUT2D eigenvalue weighted by molar-refractivity contribution is 5.94. The number of aromatic nitrogens is 4. The number of rotatable bonds is 5. The van der Waals surface area contributed by atoms with Crippen molar-refractivity contribution in [3.63, 3.8) is 0 Å². The second-order valence-electron chi connectivity index (χ2n) is 6.29. The van der Waals surface area contributed by atoms with Gasteiger partial charge in [-0.3, -0.25) is 14.3 Å². The summed E-state index contributed by atoms with van der Waals surface area (Å²) in [6.07, 6.45) is 1.13. The quantitative estimate of drug-likeness (QED) is 0.866. The highest BCUT2D eigenvalue weighted by Crippen LogP contribution is 2.37. The summed E-state index contributed by atoms with van der Waals surface area (Å²) in [5.74, 6) is -0.559. The summed E-state index contributed by atoms with van der Waals surface area (Å²) in [4.78, 5) is 23.0. The number of carboxylic acid groups (broad SMARTS) is 1. The lowest BCUT2D eigenvalue weighted by atomic mass is 9.89. The fourth-order valence-electron chi connectivity index (χ4n) is 3.39. The van der Waals surface area contributed by atoms with E-state index < -0.39 is 5.97 Å². The Bertz CT molecular complexity index is 805. The maximum absolute atomic E-state index is 12.0. The van der Waals surface area contributed by atoms with E-state index in [4.69, 9.17) is 5.11 Å². The molecule has 8 heteroatoms. The van der Waals surface area contributed by atoms with Crippen LogP contribution in [0.3, 0.4) is 0 Å². The zero-order valence-corrected chi connectivity index (χ0v) is 14.0. The SMILES string of the molecule is Cc1cc(C)n(CCC2CC(=O)Nc3c2c(C)nn3CC(=O)O)n1. The monoisotopic (exact) mass is 331 g/mol. The minimum atomic E-state index is -0.987. The molecule has 3 rings (SSSR count). The molecule has 0 aliphatic carbocycles. The highest BCUT2D eigenvalue weighted by atomic mass is 16.4. The molecule has 2 aromatic heterocycles. The van der Waals surface area contributed by atoms with Gasteiger partial charge in [0, 0.05) is 24.2 Å². The van der Waals surface area contributed by atoms with E-state index in [-0.39, 0.29) is 18.4 Å². The second-order valence-corrected chi connectivity index (χ2v) is 6.29. The first-order valence-corrected chi connectivity index (χ1v) is 7.95. The van der Waals surface area contributed by atoms with E-state index in [1.54, 1.807) is 0 Å². The molecule has 3 heterocycles. The van der Waals surface area contributed by atoms with Crippen LogP contribution in [0.25, 0.3) is 0 Å². The molecule has 1 atom stereocenters. The largest absolute Gasteiger partial charge is 0.480 e. The zero-order chi connectivity index (χ0) is 17.4. The number of carbonyl (C=O) groups is 2. The van der Waals surface area contributed by atoms with Gasteiger partial charge >= 0.3 is 5.97 Å². The van der Waals surface area contributed by atoms with Gasteiger partial charge in [-0.05, 0) is 39.2 Å². The first-order valence-electron chi connectivity index (χ1n) is 7.95. The normalized spacial score (nSPS) is 16.8. The van der Waals surface area contributed by atoms with Gasteiger partial charge in [0.2, 0.25) is 5.91 Å². The predicted octanol–water partition coefficient (Wildman–Crippen LogP) is 1.61. The number of carbonyl (C=O) groups excluding carboxylic acids is 1. The molecule has 1 aliphatic rings. The Balaban J connectivity index is 1.85. The fraction of sp³-hybridized carbons (Fsp3) is 0.500. The van der Waals surface area contributed by atoms with E-state index in [2.05, 4.69) is 15.5 Å². The maximum Gasteiger partial charge on any atom is 0.325 e. The van der Waals surface area contributed by atoms with Crippen LogP contribution in [0, 0.1) is 20.8 Å². The third kappa shape index (κ3) is 3.04. The first kappa shape index (κ1) is 16.2. The van der Waals surface area contributed by atoms with E-state index >= 15 is 0 Å². The third-order valence-corrected chi connectivity index (χ3v) is 4.35. The van der Waals surface area contributed by atoms with Gasteiger partial charge in [0.25, 0.3) is 0 Å². The van der Waals surface area contributed by atoms with Crippen LogP contribution in [0.5, 0.6) is 0 Å². The molecule has 8 nitrogen and oxygen atoms in total. The van der Waals surface area contributed by atoms with E-state index in [9.17, 15) is 9.59 Å². The van der Waals surface area contributed by atoms with Crippen molar-refractivity contribution >= 4 is 17.7 Å². The smallest absolute Gasteiger partial charge is 0.325 e. The van der Waals surface area contributed by atoms with Crippen molar-refractivity contribution in [3.8, 4) is 0 Å². The lowest BCUT2D eigenvalue weighted by Gasteiger charge is -2.24. The van der Waals surface area contributed by atoms with Crippen molar-refractivity contribution in [3.05, 3.63) is 28.7 Å². The maximum atomic E-state index is 12.0. The summed E-state index contributed by atoms with van der Waals surface area (Å²) >= 11 is 0. The molecule has 24 heavy (non-hydrogen) atoms. The van der Waals surface area contributed by atoms with Crippen LogP contribution in [-0.4, -0.2) is 36.5 Å². The highest BCUT2D eigenvalue weighted by Gasteiger charge is 2.31. The van der Waals surface area contributed by atoms with Crippen molar-refractivity contribution in [2.45, 2.75) is 52.6 Å². The molecule has 0 radical (unpaired) electrons. The second kappa shape index (κ2) is 6.10. The van der Waals surface area contributed by atoms with Gasteiger partial charge < -0.3 is 10.4 Å². The molecule has 0 fully saturated rings. The predicted molar refractivity (Wildman–Crippen MR) is 86.9 cm³/mol. The fourth-order valence-corrected chi connectivity index (χ4v) is 3.39. The number of carboxylic acids is 1. The van der Waals surface area contributed by atoms with Crippen molar-refractivity contribution < 1.29 is 14.7 Å². The number of nitrogens with one attached hydrogen (secondary N) is 1. The molecule has 2 aromatic rings. The van der Waals surface area contributed by atoms with E-state index in [1.807, 2.05) is 31.5 Å². The number of hydrogen-bond donors (Lipinski definition) is 2. The van der Waals surface area contributed by atoms with E-state index in [0.717, 1.165) is 29.1 Å². The third-order valence-electron chi connectivity index (χ3n) is 4.35. The number of aryl methyl sites for hydroxylation is 4. The molecule has 128 valence electrons. The summed E-state index contributed by atoms with van der Waals surface area (Å²) in [7, 11) is 0. The minimum absolute atomic E-state index is 0.0141. The van der Waals surface area contributed by atoms with Gasteiger partial charge in [-0.2, -0.15) is 10.2 Å². The average Bonchev–Trinajstić information content (AvgIpc) is 2.95. The Labute approximate surface area is 139 Å². The molecule has 0 saturated heterocycles. The van der Waals surface area contributed by atoms with Crippen LogP contribution in [0.1, 0.15) is 41.4 Å². The standard InChI is InChI=1S/C16H21N5O3/c1-9-6-10(2)20(18-9)5-4-12-7-13(22)17-16-15(12)11(3)19-21(16)8-14(23)24/h6,12H,4-5,7-8H2,1-3H3,(H,17,22)(H,23,24). The Morgan fingerprint density at radius 2 is 2.08 bits per heavy atom. The topological polar surface area (TPSA) is 102 Å². The molecule has 0 aromatic carbocycles. The lowest BCUT2D eigenvalue weighted by Crippen LogP contribution is -2.26. The molecule has 0 saturated carbocycles. The van der Waals surface area contributed by atoms with Crippen LogP contribution in [0.4, 0.5) is 5.82 Å². The molecule has 1 unspecified atom stereocenters. The molecular weight excluding hydrogens is 310 g/mol. The number of hydrogen-bond acceptors (Lipinski definition) is 4. The molecule has 0 spiro atoms. The molecule has 2 N–H and O–H groups in total. The molecule has 1 aliphatic heterocycles. The Morgan fingerprint density at radius 3 is 2.71 bits per heavy atom. The van der Waals surface area contributed by atoms with Crippen LogP contribution in [0.2, 0.25) is 0 Å². The van der Waals surface area contributed by atoms with E-state index in [0.29, 0.717) is 18.8 Å². The molecular formula is C16H21N5O3. The molecule has 1 amide bonds. The van der Waals surface area contributed by atoms with Crippen LogP contribution in [0.15, 0.2) is 6.07 Å². The van der Waals surface area contributed by atoms with Crippen LogP contribution in [-0.2, 0) is 22.7 Å². The zero-order valence-electron chi connectivity index (χ0n) is 14.0. The van der Waals surface area contributed by atoms with Gasteiger partial charge in [-0.1, -0.05) is 0 Å². The lowest BCUT2D eigenvalue weighted by molar-refractivity contribution is -0.137. The summed E-state index contributed by atoms with van der Waals surface area (Å²) in [6.45, 7) is 6.26. The Hall–Kier alpha value is -2.64. The summed E-state index contributed by atoms with van der Waals surface area (Å²) in [5.41, 5.74) is 3.77. The van der Waals surface area contributed by atoms with Gasteiger partial charge in [0.05, 0.1) is 11.4 Å². The van der Waals surface area contributed by atoms with Crippen molar-refractivity contribution in [1.29, 1.82) is 0 Å². The number of amides is 1. The van der Waals surface area contributed by atoms with E-state index in [1.165, 1.54) is 4.68 Å². The average molecular weight is 331 g/mol. The number of nitrogens with zero attached hydrogens (tertiary/aromatic N) is 4.